The number of hydrogen-bond acceptors (Lipinski definition) is 12. The molecule has 2 aliphatic rings. The molecular weight excluding hydrogens is 663 g/mol. The molecule has 2 heterocycles. The van der Waals surface area contributed by atoms with Gasteiger partial charge >= 0.3 is 0 Å². The molecule has 14 nitrogen and oxygen atoms in total. The van der Waals surface area contributed by atoms with Crippen LogP contribution in [0.4, 0.5) is 22.7 Å². The van der Waals surface area contributed by atoms with Crippen molar-refractivity contribution in [3.63, 3.8) is 0 Å². The number of amides is 2. The van der Waals surface area contributed by atoms with E-state index in [2.05, 4.69) is 20.4 Å². The third-order valence-electron chi connectivity index (χ3n) is 7.75. The van der Waals surface area contributed by atoms with Gasteiger partial charge in [-0.25, -0.2) is 0 Å². The predicted molar refractivity (Wildman–Crippen MR) is 194 cm³/mol. The predicted octanol–water partition coefficient (Wildman–Crippen LogP) is 2.17. The summed E-state index contributed by atoms with van der Waals surface area (Å²) in [7, 11) is 0. The Morgan fingerprint density at radius 1 is 0.688 bits per heavy atom. The van der Waals surface area contributed by atoms with E-state index in [0.29, 0.717) is 60.6 Å². The number of carbonyl (C=O) groups excluding carboxylic acids is 2. The Labute approximate surface area is 294 Å². The maximum Gasteiger partial charge on any atom is 0.248 e. The Kier molecular flexibility index (Phi) is 18.0. The summed E-state index contributed by atoms with van der Waals surface area (Å²) in [5, 5.41) is 6.57. The number of hydrogen-bond donors (Lipinski definition) is 6. The van der Waals surface area contributed by atoms with Gasteiger partial charge in [0.15, 0.2) is 0 Å². The minimum atomic E-state index is -0.578. The number of primary amides is 2. The number of carbonyl (C=O) groups is 2. The lowest BCUT2D eigenvalue weighted by Gasteiger charge is -2.26. The molecule has 0 atom stereocenters. The normalized spacial score (nSPS) is 15.2. The van der Waals surface area contributed by atoms with Gasteiger partial charge in [-0.1, -0.05) is 12.2 Å². The van der Waals surface area contributed by atoms with Crippen molar-refractivity contribution in [3.05, 3.63) is 47.5 Å². The fraction of sp³-hybridized carbons (Fsp3) is 0.500. The Hall–Kier alpha value is -3.66. The molecule has 0 unspecified atom stereocenters. The van der Waals surface area contributed by atoms with Crippen LogP contribution in [-0.4, -0.2) is 114 Å². The number of nitrogens with two attached hydrogens (primary N) is 4. The van der Waals surface area contributed by atoms with Crippen molar-refractivity contribution >= 4 is 59.4 Å². The van der Waals surface area contributed by atoms with Gasteiger partial charge in [-0.2, -0.15) is 0 Å². The number of rotatable bonds is 18. The molecule has 2 aromatic rings. The first-order chi connectivity index (χ1) is 22.3. The Balaban J connectivity index is 0.00000400. The summed E-state index contributed by atoms with van der Waals surface area (Å²) in [5.41, 5.74) is 26.1. The number of anilines is 4. The molecule has 268 valence electrons. The number of nitrogens with one attached hydrogen (secondary N) is 2. The van der Waals surface area contributed by atoms with Crippen LogP contribution in [0.2, 0.25) is 0 Å². The molecule has 2 fully saturated rings. The fourth-order valence-electron chi connectivity index (χ4n) is 5.24. The van der Waals surface area contributed by atoms with E-state index in [0.717, 1.165) is 78.5 Å². The molecule has 0 bridgehead atoms. The molecule has 4 rings (SSSR count). The molecular formula is C32H50Cl2N8O6. The highest BCUT2D eigenvalue weighted by Crippen LogP contribution is 2.34. The first-order valence-electron chi connectivity index (χ1n) is 15.8. The SMILES string of the molecule is Cl.Cl.NC(=O)c1cc(N)c(NC/C=C/CNc2c(N)cc(C(N)=O)cc2OCCCN2CCOCC2)c(OCCCN2CCOCC2)c1. The van der Waals surface area contributed by atoms with E-state index in [1.165, 1.54) is 12.1 Å². The smallest absolute Gasteiger partial charge is 0.248 e. The maximum atomic E-state index is 11.8. The molecule has 2 aromatic carbocycles. The molecule has 10 N–H and O–H groups in total. The maximum absolute atomic E-state index is 11.8. The standard InChI is InChI=1S/C32H48N8O6.2ClH/c33-25-19-23(31(35)41)21-27(45-13-3-7-39-9-15-43-16-10-39)29(25)37-5-1-2-6-38-30-26(34)20-24(32(36)42)22-28(30)46-14-4-8-40-11-17-44-18-12-40;;/h1-2,19-22,37-38H,3-18,33-34H2,(H2,35,41)(H2,36,42);2*1H/b2-1+;;. The van der Waals surface area contributed by atoms with E-state index in [1.54, 1.807) is 12.1 Å². The number of nitrogens with zero attached hydrogens (tertiary/aromatic N) is 2. The van der Waals surface area contributed by atoms with Gasteiger partial charge in [-0.3, -0.25) is 19.4 Å². The van der Waals surface area contributed by atoms with Crippen LogP contribution in [0, 0.1) is 0 Å². The molecule has 16 heteroatoms. The lowest BCUT2D eigenvalue weighted by Crippen LogP contribution is -2.37. The summed E-state index contributed by atoms with van der Waals surface area (Å²) in [4.78, 5) is 28.4. The Morgan fingerprint density at radius 3 is 1.42 bits per heavy atom. The minimum absolute atomic E-state index is 0. The second kappa shape index (κ2) is 21.3. The molecule has 2 saturated heterocycles. The van der Waals surface area contributed by atoms with Crippen LogP contribution in [0.1, 0.15) is 33.6 Å². The van der Waals surface area contributed by atoms with Crippen LogP contribution in [0.25, 0.3) is 0 Å². The number of halogens is 2. The second-order valence-corrected chi connectivity index (χ2v) is 11.2. The third-order valence-corrected chi connectivity index (χ3v) is 7.75. The summed E-state index contributed by atoms with van der Waals surface area (Å²) in [6.07, 6.45) is 5.48. The topological polar surface area (TPSA) is 206 Å². The van der Waals surface area contributed by atoms with Crippen LogP contribution < -0.4 is 43.0 Å². The first-order valence-corrected chi connectivity index (χ1v) is 15.8. The molecule has 48 heavy (non-hydrogen) atoms. The highest BCUT2D eigenvalue weighted by atomic mass is 35.5. The van der Waals surface area contributed by atoms with E-state index in [4.69, 9.17) is 41.9 Å². The van der Waals surface area contributed by atoms with Crippen LogP contribution >= 0.6 is 24.8 Å². The Bertz CT molecular complexity index is 1240. The lowest BCUT2D eigenvalue weighted by molar-refractivity contribution is 0.0357. The summed E-state index contributed by atoms with van der Waals surface area (Å²) in [5.74, 6) is -0.211. The molecule has 0 radical (unpaired) electrons. The number of morpholine rings is 2. The van der Waals surface area contributed by atoms with Gasteiger partial charge in [-0.15, -0.1) is 24.8 Å². The summed E-state index contributed by atoms with van der Waals surface area (Å²) in [6.45, 7) is 10.2. The summed E-state index contributed by atoms with van der Waals surface area (Å²) < 4.78 is 22.9. The van der Waals surface area contributed by atoms with Crippen molar-refractivity contribution in [1.82, 2.24) is 9.80 Å². The van der Waals surface area contributed by atoms with Crippen molar-refractivity contribution in [3.8, 4) is 11.5 Å². The van der Waals surface area contributed by atoms with Gasteiger partial charge in [-0.05, 0) is 37.1 Å². The molecule has 0 aliphatic carbocycles. The van der Waals surface area contributed by atoms with Crippen LogP contribution in [0.5, 0.6) is 11.5 Å². The number of nitrogen functional groups attached to an aromatic ring is 2. The van der Waals surface area contributed by atoms with Crippen molar-refractivity contribution in [2.75, 3.05) is 114 Å². The van der Waals surface area contributed by atoms with Gasteiger partial charge in [0.25, 0.3) is 0 Å². The molecule has 2 aliphatic heterocycles. The molecule has 0 saturated carbocycles. The highest BCUT2D eigenvalue weighted by Gasteiger charge is 2.16. The van der Waals surface area contributed by atoms with E-state index < -0.39 is 11.8 Å². The van der Waals surface area contributed by atoms with Crippen molar-refractivity contribution in [1.29, 1.82) is 0 Å². The highest BCUT2D eigenvalue weighted by molar-refractivity contribution is 5.97. The molecule has 2 amide bonds. The first kappa shape index (κ1) is 40.5. The zero-order chi connectivity index (χ0) is 32.7. The van der Waals surface area contributed by atoms with Crippen LogP contribution in [0.15, 0.2) is 36.4 Å². The van der Waals surface area contributed by atoms with Gasteiger partial charge in [0.1, 0.15) is 22.9 Å². The number of benzene rings is 2. The van der Waals surface area contributed by atoms with Gasteiger partial charge in [0.2, 0.25) is 11.8 Å². The van der Waals surface area contributed by atoms with Gasteiger partial charge in [0, 0.05) is 63.5 Å². The van der Waals surface area contributed by atoms with E-state index in [9.17, 15) is 9.59 Å². The summed E-state index contributed by atoms with van der Waals surface area (Å²) >= 11 is 0. The number of ether oxygens (including phenoxy) is 4. The second-order valence-electron chi connectivity index (χ2n) is 11.2. The van der Waals surface area contributed by atoms with Crippen molar-refractivity contribution in [2.45, 2.75) is 12.8 Å². The van der Waals surface area contributed by atoms with Crippen molar-refractivity contribution < 1.29 is 28.5 Å². The zero-order valence-electron chi connectivity index (χ0n) is 27.2. The molecule has 0 aromatic heterocycles. The average Bonchev–Trinajstić information content (AvgIpc) is 3.05. The third kappa shape index (κ3) is 12.7. The van der Waals surface area contributed by atoms with E-state index in [-0.39, 0.29) is 35.9 Å². The summed E-state index contributed by atoms with van der Waals surface area (Å²) in [6, 6.07) is 6.30. The fourth-order valence-corrected chi connectivity index (χ4v) is 5.24. The van der Waals surface area contributed by atoms with Crippen molar-refractivity contribution in [2.24, 2.45) is 11.5 Å². The average molecular weight is 714 g/mol. The lowest BCUT2D eigenvalue weighted by atomic mass is 10.1. The largest absolute Gasteiger partial charge is 0.491 e. The van der Waals surface area contributed by atoms with Crippen LogP contribution in [-0.2, 0) is 9.47 Å². The van der Waals surface area contributed by atoms with Gasteiger partial charge < -0.3 is 52.5 Å². The minimum Gasteiger partial charge on any atom is -0.491 e. The van der Waals surface area contributed by atoms with Gasteiger partial charge in [0.05, 0.1) is 51.0 Å². The van der Waals surface area contributed by atoms with E-state index in [1.807, 2.05) is 12.2 Å². The Morgan fingerprint density at radius 2 is 1.06 bits per heavy atom. The zero-order valence-corrected chi connectivity index (χ0v) is 28.9. The monoisotopic (exact) mass is 712 g/mol. The molecule has 0 spiro atoms. The quantitative estimate of drug-likeness (QED) is 0.0747. The van der Waals surface area contributed by atoms with Crippen LogP contribution in [0.3, 0.4) is 0 Å². The van der Waals surface area contributed by atoms with E-state index >= 15 is 0 Å².